The molecule has 33 heavy (non-hydrogen) atoms. The van der Waals surface area contributed by atoms with Crippen LogP contribution in [0, 0.1) is 12.7 Å². The number of halogens is 1. The first kappa shape index (κ1) is 21.3. The lowest BCUT2D eigenvalue weighted by Crippen LogP contribution is -2.50. The number of fused-ring (bicyclic) bond motifs is 1. The van der Waals surface area contributed by atoms with Crippen molar-refractivity contribution < 1.29 is 18.7 Å². The second kappa shape index (κ2) is 8.74. The van der Waals surface area contributed by atoms with Gasteiger partial charge in [0, 0.05) is 31.7 Å². The Morgan fingerprint density at radius 2 is 1.70 bits per heavy atom. The second-order valence-electron chi connectivity index (χ2n) is 8.37. The molecule has 170 valence electrons. The van der Waals surface area contributed by atoms with Gasteiger partial charge < -0.3 is 14.5 Å². The number of nitrogens with zero attached hydrogens (tertiary/aromatic N) is 5. The van der Waals surface area contributed by atoms with Gasteiger partial charge in [0.1, 0.15) is 11.9 Å². The first-order valence-electron chi connectivity index (χ1n) is 10.9. The molecule has 0 bridgehead atoms. The minimum atomic E-state index is -0.446. The third kappa shape index (κ3) is 4.23. The Bertz CT molecular complexity index is 1190. The SMILES string of the molecule is Cc1ccc(C2Cn3nnc(C(=O)N4CCN(C(=O)c5cccc(F)c5)CC4)c3CO2)cc1. The van der Waals surface area contributed by atoms with Crippen molar-refractivity contribution in [3.05, 3.63) is 82.4 Å². The van der Waals surface area contributed by atoms with Crippen molar-refractivity contribution >= 4 is 11.8 Å². The Hall–Kier alpha value is -3.59. The van der Waals surface area contributed by atoms with Crippen LogP contribution >= 0.6 is 0 Å². The van der Waals surface area contributed by atoms with E-state index in [1.807, 2.05) is 31.2 Å². The third-order valence-corrected chi connectivity index (χ3v) is 6.17. The van der Waals surface area contributed by atoms with E-state index in [4.69, 9.17) is 4.74 Å². The van der Waals surface area contributed by atoms with Crippen LogP contribution in [0.4, 0.5) is 4.39 Å². The Labute approximate surface area is 190 Å². The quantitative estimate of drug-likeness (QED) is 0.614. The minimum Gasteiger partial charge on any atom is -0.365 e. The van der Waals surface area contributed by atoms with Gasteiger partial charge >= 0.3 is 0 Å². The molecule has 0 radical (unpaired) electrons. The number of amides is 2. The summed E-state index contributed by atoms with van der Waals surface area (Å²) in [5, 5.41) is 8.34. The molecule has 1 unspecified atom stereocenters. The van der Waals surface area contributed by atoms with E-state index in [0.29, 0.717) is 49.7 Å². The molecule has 1 aromatic heterocycles. The molecule has 2 amide bonds. The standard InChI is InChI=1S/C24H24FN5O3/c1-16-5-7-17(8-6-16)21-14-30-20(15-33-21)22(26-27-30)24(32)29-11-9-28(10-12-29)23(31)18-3-2-4-19(25)13-18/h2-8,13,21H,9-12,14-15H2,1H3. The van der Waals surface area contributed by atoms with Crippen LogP contribution in [0.25, 0.3) is 0 Å². The largest absolute Gasteiger partial charge is 0.365 e. The molecule has 0 aliphatic carbocycles. The lowest BCUT2D eigenvalue weighted by molar-refractivity contribution is -0.00203. The van der Waals surface area contributed by atoms with Gasteiger partial charge in [-0.05, 0) is 30.7 Å². The average molecular weight is 449 g/mol. The van der Waals surface area contributed by atoms with E-state index in [-0.39, 0.29) is 24.5 Å². The maximum Gasteiger partial charge on any atom is 0.276 e. The fourth-order valence-electron chi connectivity index (χ4n) is 4.23. The number of ether oxygens (including phenoxy) is 1. The third-order valence-electron chi connectivity index (χ3n) is 6.17. The molecule has 1 saturated heterocycles. The minimum absolute atomic E-state index is 0.139. The van der Waals surface area contributed by atoms with Crippen LogP contribution in [0.15, 0.2) is 48.5 Å². The molecule has 3 aromatic rings. The van der Waals surface area contributed by atoms with Crippen LogP contribution in [-0.2, 0) is 17.9 Å². The van der Waals surface area contributed by atoms with Crippen molar-refractivity contribution in [1.82, 2.24) is 24.8 Å². The lowest BCUT2D eigenvalue weighted by Gasteiger charge is -2.34. The number of hydrogen-bond acceptors (Lipinski definition) is 5. The van der Waals surface area contributed by atoms with Gasteiger partial charge in [-0.2, -0.15) is 0 Å². The molecular weight excluding hydrogens is 425 g/mol. The van der Waals surface area contributed by atoms with Crippen LogP contribution in [0.5, 0.6) is 0 Å². The van der Waals surface area contributed by atoms with Crippen molar-refractivity contribution in [1.29, 1.82) is 0 Å². The van der Waals surface area contributed by atoms with Crippen molar-refractivity contribution in [3.8, 4) is 0 Å². The van der Waals surface area contributed by atoms with Crippen LogP contribution in [0.2, 0.25) is 0 Å². The smallest absolute Gasteiger partial charge is 0.276 e. The van der Waals surface area contributed by atoms with Gasteiger partial charge in [0.25, 0.3) is 11.8 Å². The predicted molar refractivity (Wildman–Crippen MR) is 117 cm³/mol. The summed E-state index contributed by atoms with van der Waals surface area (Å²) in [7, 11) is 0. The summed E-state index contributed by atoms with van der Waals surface area (Å²) in [5.74, 6) is -0.900. The zero-order chi connectivity index (χ0) is 22.9. The second-order valence-corrected chi connectivity index (χ2v) is 8.37. The highest BCUT2D eigenvalue weighted by atomic mass is 19.1. The van der Waals surface area contributed by atoms with E-state index in [9.17, 15) is 14.0 Å². The van der Waals surface area contributed by atoms with Gasteiger partial charge in [0.05, 0.1) is 18.8 Å². The summed E-state index contributed by atoms with van der Waals surface area (Å²) in [4.78, 5) is 29.0. The molecule has 5 rings (SSSR count). The van der Waals surface area contributed by atoms with Gasteiger partial charge in [0.15, 0.2) is 5.69 Å². The van der Waals surface area contributed by atoms with E-state index < -0.39 is 5.82 Å². The first-order chi connectivity index (χ1) is 16.0. The van der Waals surface area contributed by atoms with E-state index in [2.05, 4.69) is 10.3 Å². The highest BCUT2D eigenvalue weighted by Crippen LogP contribution is 2.27. The average Bonchev–Trinajstić information content (AvgIpc) is 3.27. The predicted octanol–water partition coefficient (Wildman–Crippen LogP) is 2.60. The molecule has 3 heterocycles. The Morgan fingerprint density at radius 1 is 1.00 bits per heavy atom. The first-order valence-corrected chi connectivity index (χ1v) is 10.9. The highest BCUT2D eigenvalue weighted by molar-refractivity contribution is 5.95. The molecule has 9 heteroatoms. The van der Waals surface area contributed by atoms with Gasteiger partial charge in [-0.15, -0.1) is 5.10 Å². The molecule has 1 atom stereocenters. The summed E-state index contributed by atoms with van der Waals surface area (Å²) in [6.45, 7) is 4.28. The molecule has 0 spiro atoms. The topological polar surface area (TPSA) is 80.6 Å². The molecule has 0 saturated carbocycles. The fourth-order valence-corrected chi connectivity index (χ4v) is 4.23. The van der Waals surface area contributed by atoms with E-state index >= 15 is 0 Å². The number of benzene rings is 2. The van der Waals surface area contributed by atoms with Crippen molar-refractivity contribution in [2.75, 3.05) is 26.2 Å². The van der Waals surface area contributed by atoms with Crippen LogP contribution in [0.3, 0.4) is 0 Å². The lowest BCUT2D eigenvalue weighted by atomic mass is 10.1. The van der Waals surface area contributed by atoms with E-state index in [0.717, 1.165) is 5.56 Å². The molecule has 2 aliphatic rings. The van der Waals surface area contributed by atoms with Gasteiger partial charge in [-0.1, -0.05) is 41.1 Å². The van der Waals surface area contributed by atoms with Crippen LogP contribution in [0.1, 0.15) is 43.8 Å². The summed E-state index contributed by atoms with van der Waals surface area (Å²) < 4.78 is 21.2. The van der Waals surface area contributed by atoms with Crippen molar-refractivity contribution in [2.24, 2.45) is 0 Å². The van der Waals surface area contributed by atoms with Gasteiger partial charge in [0.2, 0.25) is 0 Å². The van der Waals surface area contributed by atoms with Crippen molar-refractivity contribution in [2.45, 2.75) is 26.2 Å². The highest BCUT2D eigenvalue weighted by Gasteiger charge is 2.32. The fraction of sp³-hybridized carbons (Fsp3) is 0.333. The van der Waals surface area contributed by atoms with Crippen LogP contribution < -0.4 is 0 Å². The number of piperazine rings is 1. The number of hydrogen-bond donors (Lipinski definition) is 0. The number of carbonyl (C=O) groups excluding carboxylic acids is 2. The summed E-state index contributed by atoms with van der Waals surface area (Å²) in [6.07, 6.45) is -0.139. The normalized spacial score (nSPS) is 18.2. The number of rotatable bonds is 3. The van der Waals surface area contributed by atoms with E-state index in [1.165, 1.54) is 23.8 Å². The summed E-state index contributed by atoms with van der Waals surface area (Å²) in [5.41, 5.74) is 3.52. The Kier molecular flexibility index (Phi) is 5.63. The molecule has 1 fully saturated rings. The number of carbonyl (C=O) groups is 2. The molecular formula is C24H24FN5O3. The van der Waals surface area contributed by atoms with Crippen molar-refractivity contribution in [3.63, 3.8) is 0 Å². The zero-order valence-electron chi connectivity index (χ0n) is 18.3. The Morgan fingerprint density at radius 3 is 2.39 bits per heavy atom. The zero-order valence-corrected chi connectivity index (χ0v) is 18.3. The molecule has 2 aromatic carbocycles. The Balaban J connectivity index is 1.23. The summed E-state index contributed by atoms with van der Waals surface area (Å²) >= 11 is 0. The maximum atomic E-state index is 13.4. The van der Waals surface area contributed by atoms with Gasteiger partial charge in [-0.25, -0.2) is 9.07 Å². The number of aromatic nitrogens is 3. The molecule has 0 N–H and O–H groups in total. The molecule has 2 aliphatic heterocycles. The number of aryl methyl sites for hydroxylation is 1. The maximum absolute atomic E-state index is 13.4. The summed E-state index contributed by atoms with van der Waals surface area (Å²) in [6, 6.07) is 13.8. The van der Waals surface area contributed by atoms with E-state index in [1.54, 1.807) is 20.5 Å². The monoisotopic (exact) mass is 449 g/mol. The van der Waals surface area contributed by atoms with Crippen LogP contribution in [-0.4, -0.2) is 62.8 Å². The van der Waals surface area contributed by atoms with Gasteiger partial charge in [-0.3, -0.25) is 9.59 Å². The molecule has 8 nitrogen and oxygen atoms in total.